The van der Waals surface area contributed by atoms with Gasteiger partial charge in [0.15, 0.2) is 0 Å². The van der Waals surface area contributed by atoms with Crippen molar-refractivity contribution in [3.8, 4) is 0 Å². The molecule has 0 heterocycles. The Balaban J connectivity index is 3.92. The maximum absolute atomic E-state index is 11.4. The first-order chi connectivity index (χ1) is 5.99. The van der Waals surface area contributed by atoms with Crippen molar-refractivity contribution in [3.63, 3.8) is 0 Å². The molecule has 0 aliphatic rings. The van der Waals surface area contributed by atoms with Gasteiger partial charge in [-0.2, -0.15) is 11.8 Å². The molecule has 0 bridgehead atoms. The van der Waals surface area contributed by atoms with Crippen molar-refractivity contribution in [3.05, 3.63) is 0 Å². The van der Waals surface area contributed by atoms with Gasteiger partial charge < -0.3 is 11.1 Å². The normalized spacial score (nSPS) is 14.7. The van der Waals surface area contributed by atoms with Crippen molar-refractivity contribution in [1.82, 2.24) is 5.32 Å². The predicted octanol–water partition coefficient (Wildman–Crippen LogP) is 0.776. The number of thiocarbonyl (C=S) groups is 1. The molecule has 0 aromatic heterocycles. The van der Waals surface area contributed by atoms with E-state index < -0.39 is 0 Å². The Kier molecular flexibility index (Phi) is 6.07. The van der Waals surface area contributed by atoms with Crippen molar-refractivity contribution in [2.75, 3.05) is 12.0 Å². The van der Waals surface area contributed by atoms with Gasteiger partial charge in [-0.25, -0.2) is 0 Å². The third-order valence-corrected chi connectivity index (χ3v) is 2.81. The molecule has 0 rings (SSSR count). The molecule has 2 unspecified atom stereocenters. The minimum Gasteiger partial charge on any atom is -0.393 e. The van der Waals surface area contributed by atoms with Crippen LogP contribution in [-0.2, 0) is 4.79 Å². The molecule has 0 aromatic rings. The summed E-state index contributed by atoms with van der Waals surface area (Å²) in [5, 5.41) is 2.83. The van der Waals surface area contributed by atoms with Crippen LogP contribution in [0.25, 0.3) is 0 Å². The van der Waals surface area contributed by atoms with Crippen LogP contribution in [0.15, 0.2) is 0 Å². The molecule has 3 nitrogen and oxygen atoms in total. The fraction of sp³-hybridized carbons (Fsp3) is 0.750. The highest BCUT2D eigenvalue weighted by Gasteiger charge is 2.16. The Morgan fingerprint density at radius 3 is 2.54 bits per heavy atom. The van der Waals surface area contributed by atoms with Crippen LogP contribution in [0.2, 0.25) is 0 Å². The number of thioether (sulfide) groups is 1. The van der Waals surface area contributed by atoms with Gasteiger partial charge in [-0.1, -0.05) is 12.2 Å². The fourth-order valence-electron chi connectivity index (χ4n) is 0.789. The van der Waals surface area contributed by atoms with E-state index in [0.717, 1.165) is 5.75 Å². The molecule has 0 spiro atoms. The summed E-state index contributed by atoms with van der Waals surface area (Å²) in [5.41, 5.74) is 5.35. The standard InChI is InChI=1S/C8H16N2OS2/c1-5(4-13-3)10-8(11)6(2)7(9)12/h5-6H,4H2,1-3H3,(H2,9,12)(H,10,11). The molecule has 2 atom stereocenters. The monoisotopic (exact) mass is 220 g/mol. The summed E-state index contributed by atoms with van der Waals surface area (Å²) in [7, 11) is 0. The molecule has 5 heteroatoms. The Labute approximate surface area is 88.8 Å². The highest BCUT2D eigenvalue weighted by Crippen LogP contribution is 1.99. The number of nitrogens with two attached hydrogens (primary N) is 1. The number of carbonyl (C=O) groups excluding carboxylic acids is 1. The zero-order valence-corrected chi connectivity index (χ0v) is 9.80. The Morgan fingerprint density at radius 2 is 2.15 bits per heavy atom. The molecule has 13 heavy (non-hydrogen) atoms. The number of nitrogens with one attached hydrogen (secondary N) is 1. The molecule has 0 aromatic carbocycles. The van der Waals surface area contributed by atoms with Gasteiger partial charge >= 0.3 is 0 Å². The molecule has 3 N–H and O–H groups in total. The lowest BCUT2D eigenvalue weighted by Gasteiger charge is -2.15. The van der Waals surface area contributed by atoms with Crippen LogP contribution in [0.3, 0.4) is 0 Å². The number of hydrogen-bond donors (Lipinski definition) is 2. The third kappa shape index (κ3) is 5.10. The Hall–Kier alpha value is -0.290. The highest BCUT2D eigenvalue weighted by atomic mass is 32.2. The van der Waals surface area contributed by atoms with Crippen molar-refractivity contribution in [2.45, 2.75) is 19.9 Å². The maximum atomic E-state index is 11.4. The van der Waals surface area contributed by atoms with Crippen molar-refractivity contribution in [2.24, 2.45) is 11.7 Å². The quantitative estimate of drug-likeness (QED) is 0.672. The lowest BCUT2D eigenvalue weighted by Crippen LogP contribution is -2.41. The van der Waals surface area contributed by atoms with Gasteiger partial charge in [0.2, 0.25) is 5.91 Å². The molecule has 0 aliphatic heterocycles. The first-order valence-electron chi connectivity index (χ1n) is 4.07. The topological polar surface area (TPSA) is 55.1 Å². The largest absolute Gasteiger partial charge is 0.393 e. The SMILES string of the molecule is CSCC(C)NC(=O)C(C)C(N)=S. The van der Waals surface area contributed by atoms with Crippen LogP contribution >= 0.6 is 24.0 Å². The summed E-state index contributed by atoms with van der Waals surface area (Å²) >= 11 is 6.42. The van der Waals surface area contributed by atoms with Crippen molar-refractivity contribution < 1.29 is 4.79 Å². The van der Waals surface area contributed by atoms with E-state index in [4.69, 9.17) is 18.0 Å². The van der Waals surface area contributed by atoms with E-state index in [0.29, 0.717) is 0 Å². The summed E-state index contributed by atoms with van der Waals surface area (Å²) in [5.74, 6) is 0.434. The second-order valence-electron chi connectivity index (χ2n) is 2.99. The third-order valence-electron chi connectivity index (χ3n) is 1.63. The molecule has 0 saturated carbocycles. The van der Waals surface area contributed by atoms with Crippen LogP contribution in [0.5, 0.6) is 0 Å². The lowest BCUT2D eigenvalue weighted by molar-refractivity contribution is -0.123. The predicted molar refractivity (Wildman–Crippen MR) is 61.9 cm³/mol. The minimum atomic E-state index is -0.376. The van der Waals surface area contributed by atoms with Gasteiger partial charge in [-0.3, -0.25) is 4.79 Å². The Morgan fingerprint density at radius 1 is 1.62 bits per heavy atom. The first kappa shape index (κ1) is 12.7. The van der Waals surface area contributed by atoms with E-state index in [1.807, 2.05) is 13.2 Å². The van der Waals surface area contributed by atoms with Crippen LogP contribution in [0.4, 0.5) is 0 Å². The summed E-state index contributed by atoms with van der Waals surface area (Å²) in [4.78, 5) is 11.6. The second-order valence-corrected chi connectivity index (χ2v) is 4.37. The van der Waals surface area contributed by atoms with Crippen molar-refractivity contribution in [1.29, 1.82) is 0 Å². The Bertz CT molecular complexity index is 197. The average molecular weight is 220 g/mol. The molecule has 1 amide bonds. The number of carbonyl (C=O) groups is 1. The van der Waals surface area contributed by atoms with Gasteiger partial charge in [0, 0.05) is 11.8 Å². The molecule has 0 fully saturated rings. The maximum Gasteiger partial charge on any atom is 0.229 e. The van der Waals surface area contributed by atoms with E-state index in [9.17, 15) is 4.79 Å². The van der Waals surface area contributed by atoms with Crippen LogP contribution in [0, 0.1) is 5.92 Å². The summed E-state index contributed by atoms with van der Waals surface area (Å²) in [6.45, 7) is 3.67. The molecule has 0 radical (unpaired) electrons. The number of amides is 1. The van der Waals surface area contributed by atoms with E-state index >= 15 is 0 Å². The van der Waals surface area contributed by atoms with E-state index in [1.54, 1.807) is 18.7 Å². The van der Waals surface area contributed by atoms with E-state index in [1.165, 1.54) is 0 Å². The summed E-state index contributed by atoms with van der Waals surface area (Å²) < 4.78 is 0. The minimum absolute atomic E-state index is 0.0888. The summed E-state index contributed by atoms with van der Waals surface area (Å²) in [6, 6.07) is 0.166. The zero-order chi connectivity index (χ0) is 10.4. The van der Waals surface area contributed by atoms with Gasteiger partial charge in [0.25, 0.3) is 0 Å². The molecular formula is C8H16N2OS2. The van der Waals surface area contributed by atoms with E-state index in [-0.39, 0.29) is 22.9 Å². The second kappa shape index (κ2) is 6.21. The number of hydrogen-bond acceptors (Lipinski definition) is 3. The lowest BCUT2D eigenvalue weighted by atomic mass is 10.1. The molecule has 0 saturated heterocycles. The average Bonchev–Trinajstić information content (AvgIpc) is 2.03. The fourth-order valence-corrected chi connectivity index (χ4v) is 1.48. The highest BCUT2D eigenvalue weighted by molar-refractivity contribution is 7.98. The van der Waals surface area contributed by atoms with Crippen LogP contribution < -0.4 is 11.1 Å². The molecular weight excluding hydrogens is 204 g/mol. The van der Waals surface area contributed by atoms with Crippen LogP contribution in [-0.4, -0.2) is 28.9 Å². The van der Waals surface area contributed by atoms with E-state index in [2.05, 4.69) is 5.32 Å². The van der Waals surface area contributed by atoms with Gasteiger partial charge in [-0.05, 0) is 20.1 Å². The van der Waals surface area contributed by atoms with Crippen molar-refractivity contribution >= 4 is 34.9 Å². The van der Waals surface area contributed by atoms with Crippen LogP contribution in [0.1, 0.15) is 13.8 Å². The van der Waals surface area contributed by atoms with Gasteiger partial charge in [-0.15, -0.1) is 0 Å². The number of rotatable bonds is 5. The molecule has 0 aliphatic carbocycles. The van der Waals surface area contributed by atoms with Gasteiger partial charge in [0.05, 0.1) is 10.9 Å². The zero-order valence-electron chi connectivity index (χ0n) is 8.16. The molecule has 76 valence electrons. The summed E-state index contributed by atoms with van der Waals surface area (Å²) in [6.07, 6.45) is 2.00. The first-order valence-corrected chi connectivity index (χ1v) is 5.87. The van der Waals surface area contributed by atoms with Gasteiger partial charge in [0.1, 0.15) is 0 Å². The smallest absolute Gasteiger partial charge is 0.229 e.